The first kappa shape index (κ1) is 11.3. The summed E-state index contributed by atoms with van der Waals surface area (Å²) in [6.45, 7) is 2.12. The van der Waals surface area contributed by atoms with Crippen LogP contribution in [0.15, 0.2) is 18.2 Å². The summed E-state index contributed by atoms with van der Waals surface area (Å²) in [5.41, 5.74) is 1.82. The molecule has 0 unspecified atom stereocenters. The number of aliphatic hydroxyl groups is 1. The molecule has 1 aromatic carbocycles. The third-order valence-electron chi connectivity index (χ3n) is 2.45. The Hall–Kier alpha value is -1.19. The minimum absolute atomic E-state index is 0.163. The van der Waals surface area contributed by atoms with Gasteiger partial charge < -0.3 is 5.11 Å². The SMILES string of the molecule is Cc1nc(CCCO)nc2cc(Cl)ccc12. The number of halogens is 1. The van der Waals surface area contributed by atoms with E-state index in [1.54, 1.807) is 0 Å². The van der Waals surface area contributed by atoms with Crippen LogP contribution in [0.25, 0.3) is 10.9 Å². The molecule has 0 bridgehead atoms. The van der Waals surface area contributed by atoms with E-state index in [0.717, 1.165) is 22.4 Å². The van der Waals surface area contributed by atoms with Gasteiger partial charge in [-0.25, -0.2) is 9.97 Å². The lowest BCUT2D eigenvalue weighted by Gasteiger charge is -2.05. The lowest BCUT2D eigenvalue weighted by molar-refractivity contribution is 0.287. The van der Waals surface area contributed by atoms with E-state index in [-0.39, 0.29) is 6.61 Å². The lowest BCUT2D eigenvalue weighted by atomic mass is 10.2. The van der Waals surface area contributed by atoms with Crippen molar-refractivity contribution in [3.63, 3.8) is 0 Å². The van der Waals surface area contributed by atoms with Crippen LogP contribution < -0.4 is 0 Å². The zero-order valence-corrected chi connectivity index (χ0v) is 9.83. The Morgan fingerprint density at radius 1 is 1.31 bits per heavy atom. The van der Waals surface area contributed by atoms with Crippen molar-refractivity contribution in [1.29, 1.82) is 0 Å². The van der Waals surface area contributed by atoms with Gasteiger partial charge in [0.25, 0.3) is 0 Å². The third kappa shape index (κ3) is 2.31. The summed E-state index contributed by atoms with van der Waals surface area (Å²) in [5.74, 6) is 0.765. The van der Waals surface area contributed by atoms with Crippen molar-refractivity contribution in [3.8, 4) is 0 Å². The highest BCUT2D eigenvalue weighted by molar-refractivity contribution is 6.31. The van der Waals surface area contributed by atoms with Gasteiger partial charge in [0, 0.05) is 29.1 Å². The molecule has 16 heavy (non-hydrogen) atoms. The molecule has 0 spiro atoms. The largest absolute Gasteiger partial charge is 0.396 e. The van der Waals surface area contributed by atoms with Crippen molar-refractivity contribution in [3.05, 3.63) is 34.7 Å². The summed E-state index contributed by atoms with van der Waals surface area (Å²) >= 11 is 5.93. The maximum atomic E-state index is 8.78. The molecule has 3 nitrogen and oxygen atoms in total. The van der Waals surface area contributed by atoms with Crippen LogP contribution in [0.1, 0.15) is 17.9 Å². The fourth-order valence-corrected chi connectivity index (χ4v) is 1.84. The van der Waals surface area contributed by atoms with Crippen LogP contribution in [0.5, 0.6) is 0 Å². The van der Waals surface area contributed by atoms with Crippen LogP contribution in [0.2, 0.25) is 5.02 Å². The van der Waals surface area contributed by atoms with Gasteiger partial charge in [0.2, 0.25) is 0 Å². The first-order chi connectivity index (χ1) is 7.70. The average Bonchev–Trinajstić information content (AvgIpc) is 2.25. The summed E-state index contributed by atoms with van der Waals surface area (Å²) in [5, 5.41) is 10.5. The molecule has 0 aliphatic rings. The van der Waals surface area contributed by atoms with Crippen LogP contribution in [0.4, 0.5) is 0 Å². The number of hydrogen-bond acceptors (Lipinski definition) is 3. The van der Waals surface area contributed by atoms with Crippen molar-refractivity contribution >= 4 is 22.5 Å². The molecule has 0 saturated carbocycles. The molecular weight excluding hydrogens is 224 g/mol. The molecule has 1 heterocycles. The van der Waals surface area contributed by atoms with Gasteiger partial charge in [-0.05, 0) is 31.5 Å². The average molecular weight is 237 g/mol. The highest BCUT2D eigenvalue weighted by Gasteiger charge is 2.04. The number of fused-ring (bicyclic) bond motifs is 1. The molecular formula is C12H13ClN2O. The first-order valence-corrected chi connectivity index (χ1v) is 5.62. The van der Waals surface area contributed by atoms with Gasteiger partial charge in [-0.3, -0.25) is 0 Å². The Balaban J connectivity index is 2.47. The zero-order valence-electron chi connectivity index (χ0n) is 9.07. The molecule has 2 rings (SSSR count). The molecule has 0 radical (unpaired) electrons. The minimum Gasteiger partial charge on any atom is -0.396 e. The molecule has 0 saturated heterocycles. The predicted molar refractivity (Wildman–Crippen MR) is 64.7 cm³/mol. The van der Waals surface area contributed by atoms with Gasteiger partial charge in [0.1, 0.15) is 5.82 Å². The molecule has 2 aromatic rings. The van der Waals surface area contributed by atoms with Gasteiger partial charge in [-0.1, -0.05) is 11.6 Å². The van der Waals surface area contributed by atoms with E-state index in [9.17, 15) is 0 Å². The first-order valence-electron chi connectivity index (χ1n) is 5.24. The maximum absolute atomic E-state index is 8.78. The van der Waals surface area contributed by atoms with Crippen molar-refractivity contribution in [1.82, 2.24) is 9.97 Å². The lowest BCUT2D eigenvalue weighted by Crippen LogP contribution is -2.00. The molecule has 0 amide bonds. The summed E-state index contributed by atoms with van der Waals surface area (Å²) < 4.78 is 0. The van der Waals surface area contributed by atoms with Crippen molar-refractivity contribution in [2.24, 2.45) is 0 Å². The molecule has 4 heteroatoms. The normalized spacial score (nSPS) is 10.9. The molecule has 0 aliphatic heterocycles. The molecule has 0 aliphatic carbocycles. The maximum Gasteiger partial charge on any atom is 0.129 e. The van der Waals surface area contributed by atoms with Gasteiger partial charge in [-0.2, -0.15) is 0 Å². The fraction of sp³-hybridized carbons (Fsp3) is 0.333. The Labute approximate surface area is 99.1 Å². The fourth-order valence-electron chi connectivity index (χ4n) is 1.67. The second-order valence-corrected chi connectivity index (χ2v) is 4.15. The summed E-state index contributed by atoms with van der Waals surface area (Å²) in [4.78, 5) is 8.83. The standard InChI is InChI=1S/C12H13ClN2O/c1-8-10-5-4-9(13)7-11(10)15-12(14-8)3-2-6-16/h4-5,7,16H,2-3,6H2,1H3. The minimum atomic E-state index is 0.163. The number of rotatable bonds is 3. The van der Waals surface area contributed by atoms with E-state index >= 15 is 0 Å². The summed E-state index contributed by atoms with van der Waals surface area (Å²) in [7, 11) is 0. The molecule has 0 fully saturated rings. The molecule has 84 valence electrons. The van der Waals surface area contributed by atoms with E-state index in [0.29, 0.717) is 17.9 Å². The number of nitrogens with zero attached hydrogens (tertiary/aromatic N) is 2. The van der Waals surface area contributed by atoms with E-state index < -0.39 is 0 Å². The van der Waals surface area contributed by atoms with Crippen LogP contribution in [0, 0.1) is 6.92 Å². The van der Waals surface area contributed by atoms with Gasteiger partial charge in [0.15, 0.2) is 0 Å². The third-order valence-corrected chi connectivity index (χ3v) is 2.69. The monoisotopic (exact) mass is 236 g/mol. The van der Waals surface area contributed by atoms with Crippen LogP contribution in [0.3, 0.4) is 0 Å². The molecule has 0 atom stereocenters. The highest BCUT2D eigenvalue weighted by Crippen LogP contribution is 2.20. The second-order valence-electron chi connectivity index (χ2n) is 3.71. The van der Waals surface area contributed by atoms with E-state index in [4.69, 9.17) is 16.7 Å². The summed E-state index contributed by atoms with van der Waals surface area (Å²) in [6, 6.07) is 5.62. The topological polar surface area (TPSA) is 46.0 Å². The Morgan fingerprint density at radius 2 is 2.12 bits per heavy atom. The highest BCUT2D eigenvalue weighted by atomic mass is 35.5. The van der Waals surface area contributed by atoms with E-state index in [1.807, 2.05) is 25.1 Å². The van der Waals surface area contributed by atoms with Gasteiger partial charge >= 0.3 is 0 Å². The van der Waals surface area contributed by atoms with Crippen molar-refractivity contribution in [2.45, 2.75) is 19.8 Å². The number of benzene rings is 1. The number of aliphatic hydroxyl groups excluding tert-OH is 1. The van der Waals surface area contributed by atoms with Crippen LogP contribution >= 0.6 is 11.6 Å². The number of hydrogen-bond donors (Lipinski definition) is 1. The van der Waals surface area contributed by atoms with Crippen molar-refractivity contribution in [2.75, 3.05) is 6.61 Å². The molecule has 1 N–H and O–H groups in total. The van der Waals surface area contributed by atoms with E-state index in [1.165, 1.54) is 0 Å². The molecule has 1 aromatic heterocycles. The Morgan fingerprint density at radius 3 is 2.88 bits per heavy atom. The smallest absolute Gasteiger partial charge is 0.129 e. The Kier molecular flexibility index (Phi) is 3.36. The number of aryl methyl sites for hydroxylation is 2. The van der Waals surface area contributed by atoms with E-state index in [2.05, 4.69) is 9.97 Å². The summed E-state index contributed by atoms with van der Waals surface area (Å²) in [6.07, 6.45) is 1.38. The van der Waals surface area contributed by atoms with Crippen LogP contribution in [-0.4, -0.2) is 21.7 Å². The predicted octanol–water partition coefficient (Wildman–Crippen LogP) is 2.52. The number of aromatic nitrogens is 2. The van der Waals surface area contributed by atoms with Crippen molar-refractivity contribution < 1.29 is 5.11 Å². The quantitative estimate of drug-likeness (QED) is 0.891. The van der Waals surface area contributed by atoms with Crippen LogP contribution in [-0.2, 0) is 6.42 Å². The van der Waals surface area contributed by atoms with Gasteiger partial charge in [-0.15, -0.1) is 0 Å². The Bertz CT molecular complexity index is 514. The second kappa shape index (κ2) is 4.76. The van der Waals surface area contributed by atoms with Gasteiger partial charge in [0.05, 0.1) is 5.52 Å². The zero-order chi connectivity index (χ0) is 11.5.